The van der Waals surface area contributed by atoms with Crippen LogP contribution in [0.2, 0.25) is 0 Å². The predicted octanol–water partition coefficient (Wildman–Crippen LogP) is 2.90. The zero-order chi connectivity index (χ0) is 11.1. The molecule has 1 N–H and O–H groups in total. The number of aliphatic hydroxyl groups excluding tert-OH is 1. The molecule has 0 saturated carbocycles. The molecule has 1 unspecified atom stereocenters. The Morgan fingerprint density at radius 1 is 1.33 bits per heavy atom. The molecular formula is C12H21NOS. The van der Waals surface area contributed by atoms with Crippen molar-refractivity contribution < 1.29 is 5.11 Å². The second-order valence-electron chi connectivity index (χ2n) is 3.83. The van der Waals surface area contributed by atoms with Gasteiger partial charge in [0.2, 0.25) is 0 Å². The van der Waals surface area contributed by atoms with Crippen LogP contribution in [0, 0.1) is 0 Å². The van der Waals surface area contributed by atoms with E-state index in [0.717, 1.165) is 37.4 Å². The molecule has 3 heteroatoms. The van der Waals surface area contributed by atoms with Gasteiger partial charge in [0.15, 0.2) is 0 Å². The zero-order valence-electron chi connectivity index (χ0n) is 9.65. The van der Waals surface area contributed by atoms with Gasteiger partial charge >= 0.3 is 0 Å². The lowest BCUT2D eigenvalue weighted by molar-refractivity contribution is 0.115. The van der Waals surface area contributed by atoms with Gasteiger partial charge in [-0.2, -0.15) is 0 Å². The number of hydrogen-bond donors (Lipinski definition) is 1. The number of aliphatic hydroxyl groups is 1. The molecule has 15 heavy (non-hydrogen) atoms. The van der Waals surface area contributed by atoms with Gasteiger partial charge in [-0.1, -0.05) is 19.9 Å². The first-order chi connectivity index (χ1) is 7.27. The summed E-state index contributed by atoms with van der Waals surface area (Å²) in [5, 5.41) is 12.0. The molecule has 1 rings (SSSR count). The summed E-state index contributed by atoms with van der Waals surface area (Å²) in [7, 11) is 0. The van der Waals surface area contributed by atoms with Crippen LogP contribution < -0.4 is 0 Å². The maximum atomic E-state index is 10.0. The third-order valence-electron chi connectivity index (χ3n) is 2.38. The van der Waals surface area contributed by atoms with Crippen molar-refractivity contribution in [1.29, 1.82) is 0 Å². The molecule has 1 aromatic heterocycles. The standard InChI is InChI=1S/C12H21NOS/c1-3-7-13(8-4-2)10-11(14)12-6-5-9-15-12/h5-6,9,11,14H,3-4,7-8,10H2,1-2H3. The fourth-order valence-corrected chi connectivity index (χ4v) is 2.45. The van der Waals surface area contributed by atoms with Crippen molar-refractivity contribution in [3.05, 3.63) is 22.4 Å². The molecule has 0 amide bonds. The highest BCUT2D eigenvalue weighted by molar-refractivity contribution is 7.10. The Hall–Kier alpha value is -0.380. The van der Waals surface area contributed by atoms with Crippen molar-refractivity contribution in [2.24, 2.45) is 0 Å². The van der Waals surface area contributed by atoms with E-state index in [1.807, 2.05) is 17.5 Å². The van der Waals surface area contributed by atoms with Crippen molar-refractivity contribution in [2.75, 3.05) is 19.6 Å². The van der Waals surface area contributed by atoms with E-state index in [1.165, 1.54) is 0 Å². The van der Waals surface area contributed by atoms with E-state index in [1.54, 1.807) is 11.3 Å². The van der Waals surface area contributed by atoms with Gasteiger partial charge in [0, 0.05) is 11.4 Å². The fourth-order valence-electron chi connectivity index (χ4n) is 1.74. The van der Waals surface area contributed by atoms with Crippen LogP contribution in [0.1, 0.15) is 37.7 Å². The van der Waals surface area contributed by atoms with E-state index in [9.17, 15) is 5.11 Å². The minimum Gasteiger partial charge on any atom is -0.386 e. The average Bonchev–Trinajstić information content (AvgIpc) is 2.71. The van der Waals surface area contributed by atoms with Crippen LogP contribution >= 0.6 is 11.3 Å². The van der Waals surface area contributed by atoms with Crippen molar-refractivity contribution in [3.63, 3.8) is 0 Å². The molecule has 0 aliphatic rings. The minimum absolute atomic E-state index is 0.317. The number of nitrogens with zero attached hydrogens (tertiary/aromatic N) is 1. The Labute approximate surface area is 96.5 Å². The molecule has 0 aliphatic heterocycles. The second-order valence-corrected chi connectivity index (χ2v) is 4.81. The Balaban J connectivity index is 2.43. The molecule has 0 radical (unpaired) electrons. The highest BCUT2D eigenvalue weighted by Gasteiger charge is 2.12. The van der Waals surface area contributed by atoms with E-state index in [0.29, 0.717) is 0 Å². The number of hydrogen-bond acceptors (Lipinski definition) is 3. The minimum atomic E-state index is -0.317. The van der Waals surface area contributed by atoms with Crippen LogP contribution in [-0.2, 0) is 0 Å². The zero-order valence-corrected chi connectivity index (χ0v) is 10.5. The molecule has 0 aliphatic carbocycles. The Kier molecular flexibility index (Phi) is 5.91. The molecule has 0 saturated heterocycles. The molecule has 86 valence electrons. The molecule has 1 heterocycles. The number of thiophene rings is 1. The van der Waals surface area contributed by atoms with Crippen molar-refractivity contribution >= 4 is 11.3 Å². The summed E-state index contributed by atoms with van der Waals surface area (Å²) in [6.07, 6.45) is 1.98. The topological polar surface area (TPSA) is 23.5 Å². The summed E-state index contributed by atoms with van der Waals surface area (Å²) in [5.41, 5.74) is 0. The van der Waals surface area contributed by atoms with Crippen LogP contribution in [0.25, 0.3) is 0 Å². The molecule has 1 atom stereocenters. The van der Waals surface area contributed by atoms with Gasteiger partial charge in [0.05, 0.1) is 0 Å². The maximum Gasteiger partial charge on any atom is 0.101 e. The summed E-state index contributed by atoms with van der Waals surface area (Å²) >= 11 is 1.63. The second kappa shape index (κ2) is 6.99. The molecule has 0 aromatic carbocycles. The molecule has 2 nitrogen and oxygen atoms in total. The van der Waals surface area contributed by atoms with E-state index < -0.39 is 0 Å². The smallest absolute Gasteiger partial charge is 0.101 e. The molecule has 0 fully saturated rings. The quantitative estimate of drug-likeness (QED) is 0.774. The molecule has 1 aromatic rings. The monoisotopic (exact) mass is 227 g/mol. The van der Waals surface area contributed by atoms with Crippen LogP contribution in [-0.4, -0.2) is 29.6 Å². The third-order valence-corrected chi connectivity index (χ3v) is 3.36. The van der Waals surface area contributed by atoms with Crippen LogP contribution in [0.5, 0.6) is 0 Å². The van der Waals surface area contributed by atoms with Gasteiger partial charge in [-0.25, -0.2) is 0 Å². The molecular weight excluding hydrogens is 206 g/mol. The van der Waals surface area contributed by atoms with Gasteiger partial charge in [0.25, 0.3) is 0 Å². The molecule has 0 spiro atoms. The normalized spacial score (nSPS) is 13.3. The summed E-state index contributed by atoms with van der Waals surface area (Å²) in [6.45, 7) is 7.29. The van der Waals surface area contributed by atoms with Crippen LogP contribution in [0.3, 0.4) is 0 Å². The highest BCUT2D eigenvalue weighted by Crippen LogP contribution is 2.19. The number of rotatable bonds is 7. The van der Waals surface area contributed by atoms with Gasteiger partial charge in [0.1, 0.15) is 6.10 Å². The molecule has 0 bridgehead atoms. The van der Waals surface area contributed by atoms with E-state index >= 15 is 0 Å². The summed E-state index contributed by atoms with van der Waals surface area (Å²) < 4.78 is 0. The largest absolute Gasteiger partial charge is 0.386 e. The van der Waals surface area contributed by atoms with Gasteiger partial charge in [-0.3, -0.25) is 0 Å². The van der Waals surface area contributed by atoms with Crippen molar-refractivity contribution in [3.8, 4) is 0 Å². The lowest BCUT2D eigenvalue weighted by atomic mass is 10.2. The Morgan fingerprint density at radius 3 is 2.47 bits per heavy atom. The predicted molar refractivity (Wildman–Crippen MR) is 66.3 cm³/mol. The first kappa shape index (κ1) is 12.7. The van der Waals surface area contributed by atoms with Gasteiger partial charge in [-0.05, 0) is 37.4 Å². The SMILES string of the molecule is CCCN(CCC)CC(O)c1cccs1. The summed E-state index contributed by atoms with van der Waals surface area (Å²) in [6, 6.07) is 4.00. The maximum absolute atomic E-state index is 10.0. The Morgan fingerprint density at radius 2 is 2.00 bits per heavy atom. The van der Waals surface area contributed by atoms with Gasteiger partial charge < -0.3 is 10.0 Å². The summed E-state index contributed by atoms with van der Waals surface area (Å²) in [5.74, 6) is 0. The summed E-state index contributed by atoms with van der Waals surface area (Å²) in [4.78, 5) is 3.41. The van der Waals surface area contributed by atoms with E-state index in [4.69, 9.17) is 0 Å². The first-order valence-corrected chi connectivity index (χ1v) is 6.59. The average molecular weight is 227 g/mol. The van der Waals surface area contributed by atoms with Crippen molar-refractivity contribution in [2.45, 2.75) is 32.8 Å². The Bertz CT molecular complexity index is 242. The third kappa shape index (κ3) is 4.33. The van der Waals surface area contributed by atoms with E-state index in [-0.39, 0.29) is 6.10 Å². The van der Waals surface area contributed by atoms with E-state index in [2.05, 4.69) is 18.7 Å². The lowest BCUT2D eigenvalue weighted by Gasteiger charge is -2.23. The first-order valence-electron chi connectivity index (χ1n) is 5.71. The fraction of sp³-hybridized carbons (Fsp3) is 0.667. The van der Waals surface area contributed by atoms with Crippen LogP contribution in [0.15, 0.2) is 17.5 Å². The van der Waals surface area contributed by atoms with Crippen LogP contribution in [0.4, 0.5) is 0 Å². The van der Waals surface area contributed by atoms with Gasteiger partial charge in [-0.15, -0.1) is 11.3 Å². The lowest BCUT2D eigenvalue weighted by Crippen LogP contribution is -2.30. The highest BCUT2D eigenvalue weighted by atomic mass is 32.1. The van der Waals surface area contributed by atoms with Crippen molar-refractivity contribution in [1.82, 2.24) is 4.90 Å².